The van der Waals surface area contributed by atoms with Crippen molar-refractivity contribution in [3.8, 4) is 11.5 Å². The van der Waals surface area contributed by atoms with Crippen LogP contribution in [0.2, 0.25) is 0 Å². The second-order valence-electron chi connectivity index (χ2n) is 8.75. The van der Waals surface area contributed by atoms with E-state index in [1.54, 1.807) is 12.1 Å². The molecular formula is C25H33N3O2S. The number of aromatic hydroxyl groups is 2. The van der Waals surface area contributed by atoms with Crippen molar-refractivity contribution in [2.24, 2.45) is 5.11 Å². The van der Waals surface area contributed by atoms with Crippen LogP contribution in [0.4, 0.5) is 0 Å². The molecule has 0 fully saturated rings. The standard InChI is InChI=1S/C25H33N3O2S/c1-25(19-10-12-20(29)13-11-19)18-31-24-17-21(30)14-15-22(24)23(25)9-7-5-3-2-4-6-8-16-27-28-26/h10-15,17,23,29-30H,2-9,16,18H2,1H3. The normalized spacial score (nSPS) is 20.1. The molecular weight excluding hydrogens is 406 g/mol. The molecule has 1 aliphatic heterocycles. The molecule has 0 radical (unpaired) electrons. The van der Waals surface area contributed by atoms with E-state index >= 15 is 0 Å². The minimum atomic E-state index is -0.0103. The van der Waals surface area contributed by atoms with Gasteiger partial charge in [-0.25, -0.2) is 0 Å². The Morgan fingerprint density at radius 1 is 0.968 bits per heavy atom. The van der Waals surface area contributed by atoms with E-state index in [4.69, 9.17) is 5.53 Å². The van der Waals surface area contributed by atoms with Crippen LogP contribution in [0.5, 0.6) is 11.5 Å². The van der Waals surface area contributed by atoms with Crippen LogP contribution in [0, 0.1) is 0 Å². The Bertz CT molecular complexity index is 896. The molecule has 0 amide bonds. The number of nitrogens with zero attached hydrogens (tertiary/aromatic N) is 3. The average Bonchev–Trinajstić information content (AvgIpc) is 2.77. The molecule has 1 heterocycles. The van der Waals surface area contributed by atoms with Crippen molar-refractivity contribution in [1.82, 2.24) is 0 Å². The smallest absolute Gasteiger partial charge is 0.116 e. The third-order valence-corrected chi connectivity index (χ3v) is 7.92. The number of azide groups is 1. The van der Waals surface area contributed by atoms with Gasteiger partial charge in [-0.3, -0.25) is 0 Å². The maximum Gasteiger partial charge on any atom is 0.116 e. The van der Waals surface area contributed by atoms with E-state index < -0.39 is 0 Å². The molecule has 2 aromatic rings. The average molecular weight is 440 g/mol. The predicted molar refractivity (Wildman–Crippen MR) is 128 cm³/mol. The van der Waals surface area contributed by atoms with Crippen LogP contribution >= 0.6 is 11.8 Å². The van der Waals surface area contributed by atoms with Gasteiger partial charge in [0.15, 0.2) is 0 Å². The van der Waals surface area contributed by atoms with Crippen molar-refractivity contribution in [2.75, 3.05) is 12.3 Å². The van der Waals surface area contributed by atoms with E-state index in [-0.39, 0.29) is 5.41 Å². The first kappa shape index (κ1) is 23.4. The molecule has 3 rings (SSSR count). The molecule has 31 heavy (non-hydrogen) atoms. The lowest BCUT2D eigenvalue weighted by molar-refractivity contribution is 0.370. The van der Waals surface area contributed by atoms with Crippen molar-refractivity contribution in [1.29, 1.82) is 0 Å². The second kappa shape index (κ2) is 11.4. The van der Waals surface area contributed by atoms with Gasteiger partial charge >= 0.3 is 0 Å². The molecule has 2 atom stereocenters. The minimum absolute atomic E-state index is 0.0103. The number of hydrogen-bond acceptors (Lipinski definition) is 4. The molecule has 2 N–H and O–H groups in total. The number of benzene rings is 2. The lowest BCUT2D eigenvalue weighted by Gasteiger charge is -2.43. The largest absolute Gasteiger partial charge is 0.508 e. The molecule has 2 aromatic carbocycles. The van der Waals surface area contributed by atoms with Gasteiger partial charge in [0.25, 0.3) is 0 Å². The first-order valence-corrected chi connectivity index (χ1v) is 12.3. The zero-order chi connectivity index (χ0) is 22.1. The summed E-state index contributed by atoms with van der Waals surface area (Å²) in [7, 11) is 0. The summed E-state index contributed by atoms with van der Waals surface area (Å²) in [6, 6.07) is 13.5. The Balaban J connectivity index is 1.61. The molecule has 0 bridgehead atoms. The number of fused-ring (bicyclic) bond motifs is 1. The molecule has 0 saturated heterocycles. The van der Waals surface area contributed by atoms with Crippen molar-refractivity contribution in [2.45, 2.75) is 74.5 Å². The summed E-state index contributed by atoms with van der Waals surface area (Å²) in [6.07, 6.45) is 9.31. The Hall–Kier alpha value is -2.30. The van der Waals surface area contributed by atoms with Crippen LogP contribution < -0.4 is 0 Å². The first-order chi connectivity index (χ1) is 15.0. The van der Waals surface area contributed by atoms with Crippen LogP contribution in [0.25, 0.3) is 10.4 Å². The number of hydrogen-bond donors (Lipinski definition) is 2. The lowest BCUT2D eigenvalue weighted by atomic mass is 9.68. The number of phenolic OH excluding ortho intramolecular Hbond substituents is 2. The summed E-state index contributed by atoms with van der Waals surface area (Å²) < 4.78 is 0. The third-order valence-electron chi connectivity index (χ3n) is 6.51. The van der Waals surface area contributed by atoms with Gasteiger partial charge in [-0.2, -0.15) is 0 Å². The molecule has 5 nitrogen and oxygen atoms in total. The lowest BCUT2D eigenvalue weighted by Crippen LogP contribution is -2.36. The van der Waals surface area contributed by atoms with Crippen LogP contribution in [0.15, 0.2) is 52.5 Å². The van der Waals surface area contributed by atoms with Gasteiger partial charge in [0.05, 0.1) is 0 Å². The van der Waals surface area contributed by atoms with Gasteiger partial charge in [0.2, 0.25) is 0 Å². The number of phenols is 2. The summed E-state index contributed by atoms with van der Waals surface area (Å²) in [6.45, 7) is 2.96. The number of rotatable bonds is 11. The van der Waals surface area contributed by atoms with Crippen LogP contribution in [-0.2, 0) is 5.41 Å². The maximum atomic E-state index is 9.95. The summed E-state index contributed by atoms with van der Waals surface area (Å²) in [4.78, 5) is 3.99. The highest BCUT2D eigenvalue weighted by molar-refractivity contribution is 7.99. The Morgan fingerprint density at radius 3 is 2.32 bits per heavy atom. The highest BCUT2D eigenvalue weighted by Crippen LogP contribution is 2.52. The van der Waals surface area contributed by atoms with Gasteiger partial charge in [0.1, 0.15) is 11.5 Å². The van der Waals surface area contributed by atoms with Crippen LogP contribution in [0.1, 0.15) is 75.3 Å². The molecule has 166 valence electrons. The topological polar surface area (TPSA) is 89.2 Å². The highest BCUT2D eigenvalue weighted by Gasteiger charge is 2.41. The van der Waals surface area contributed by atoms with Crippen LogP contribution in [-0.4, -0.2) is 22.5 Å². The molecule has 0 aromatic heterocycles. The van der Waals surface area contributed by atoms with Crippen molar-refractivity contribution >= 4 is 11.8 Å². The second-order valence-corrected chi connectivity index (χ2v) is 9.76. The fourth-order valence-corrected chi connectivity index (χ4v) is 6.07. The molecule has 0 spiro atoms. The zero-order valence-corrected chi connectivity index (χ0v) is 19.2. The highest BCUT2D eigenvalue weighted by atomic mass is 32.2. The maximum absolute atomic E-state index is 9.95. The van der Waals surface area contributed by atoms with E-state index in [9.17, 15) is 10.2 Å². The van der Waals surface area contributed by atoms with E-state index in [1.807, 2.05) is 23.9 Å². The summed E-state index contributed by atoms with van der Waals surface area (Å²) in [5, 5.41) is 23.3. The summed E-state index contributed by atoms with van der Waals surface area (Å²) >= 11 is 1.82. The van der Waals surface area contributed by atoms with E-state index in [0.717, 1.165) is 25.0 Å². The Kier molecular flexibility index (Phi) is 8.56. The third kappa shape index (κ3) is 6.11. The predicted octanol–water partition coefficient (Wildman–Crippen LogP) is 7.68. The minimum Gasteiger partial charge on any atom is -0.508 e. The van der Waals surface area contributed by atoms with Crippen LogP contribution in [0.3, 0.4) is 0 Å². The summed E-state index contributed by atoms with van der Waals surface area (Å²) in [5.41, 5.74) is 10.9. The van der Waals surface area contributed by atoms with Gasteiger partial charge in [-0.15, -0.1) is 11.8 Å². The Morgan fingerprint density at radius 2 is 1.61 bits per heavy atom. The fraction of sp³-hybridized carbons (Fsp3) is 0.520. The molecule has 0 saturated carbocycles. The molecule has 1 aliphatic rings. The van der Waals surface area contributed by atoms with Crippen molar-refractivity contribution in [3.05, 3.63) is 64.0 Å². The number of unbranched alkanes of at least 4 members (excludes halogenated alkanes) is 6. The van der Waals surface area contributed by atoms with Gasteiger partial charge in [-0.05, 0) is 59.7 Å². The first-order valence-electron chi connectivity index (χ1n) is 11.3. The number of thioether (sulfide) groups is 1. The monoisotopic (exact) mass is 439 g/mol. The fourth-order valence-electron chi connectivity index (χ4n) is 4.67. The van der Waals surface area contributed by atoms with Gasteiger partial charge < -0.3 is 10.2 Å². The van der Waals surface area contributed by atoms with E-state index in [0.29, 0.717) is 24.0 Å². The zero-order valence-electron chi connectivity index (χ0n) is 18.3. The van der Waals surface area contributed by atoms with E-state index in [2.05, 4.69) is 35.1 Å². The molecule has 2 unspecified atom stereocenters. The van der Waals surface area contributed by atoms with Gasteiger partial charge in [0, 0.05) is 27.5 Å². The van der Waals surface area contributed by atoms with E-state index in [1.165, 1.54) is 48.1 Å². The Labute approximate surface area is 189 Å². The quantitative estimate of drug-likeness (QED) is 0.163. The SMILES string of the molecule is CC1(c2ccc(O)cc2)CSc2cc(O)ccc2C1CCCCCCCCCN=[N+]=[N-]. The molecule has 0 aliphatic carbocycles. The van der Waals surface area contributed by atoms with Crippen molar-refractivity contribution < 1.29 is 10.2 Å². The summed E-state index contributed by atoms with van der Waals surface area (Å²) in [5.74, 6) is 1.98. The van der Waals surface area contributed by atoms with Crippen molar-refractivity contribution in [3.63, 3.8) is 0 Å². The molecule has 6 heteroatoms. The van der Waals surface area contributed by atoms with Gasteiger partial charge in [-0.1, -0.05) is 68.8 Å².